The Labute approximate surface area is 421 Å². The van der Waals surface area contributed by atoms with Gasteiger partial charge in [-0.05, 0) is 81.5 Å². The Bertz CT molecular complexity index is 3380. The number of sulfonamides is 1. The monoisotopic (exact) mass is 1110 g/mol. The molecule has 1 saturated carbocycles. The molecule has 3 aromatic heterocycles. The van der Waals surface area contributed by atoms with E-state index in [-0.39, 0.29) is 37.8 Å². The van der Waals surface area contributed by atoms with Crippen molar-refractivity contribution in [1.82, 2.24) is 39.7 Å². The number of aromatic nitrogens is 5. The Morgan fingerprint density at radius 3 is 2.14 bits per heavy atom. The summed E-state index contributed by atoms with van der Waals surface area (Å²) in [6, 6.07) is 5.02. The Morgan fingerprint density at radius 1 is 0.905 bits per heavy atom. The molecule has 0 unspecified atom stereocenters. The van der Waals surface area contributed by atoms with Gasteiger partial charge in [0, 0.05) is 61.1 Å². The van der Waals surface area contributed by atoms with Crippen molar-refractivity contribution in [2.45, 2.75) is 74.8 Å². The van der Waals surface area contributed by atoms with E-state index in [0.29, 0.717) is 43.2 Å². The van der Waals surface area contributed by atoms with Crippen LogP contribution in [0.4, 0.5) is 49.7 Å². The summed E-state index contributed by atoms with van der Waals surface area (Å²) in [4.78, 5) is 36.4. The number of hydrogen-bond acceptors (Lipinski definition) is 11. The van der Waals surface area contributed by atoms with Crippen LogP contribution in [0.15, 0.2) is 42.5 Å². The topological polar surface area (TPSA) is 173 Å². The maximum atomic E-state index is 15.6. The molecule has 3 atom stereocenters. The van der Waals surface area contributed by atoms with Crippen LogP contribution < -0.4 is 9.62 Å². The summed E-state index contributed by atoms with van der Waals surface area (Å²) in [5, 5.41) is 8.98. The highest BCUT2D eigenvalue weighted by Gasteiger charge is 2.68. The first kappa shape index (κ1) is 54.4. The van der Waals surface area contributed by atoms with Crippen molar-refractivity contribution in [3.8, 4) is 23.0 Å². The molecule has 0 spiro atoms. The third-order valence-electron chi connectivity index (χ3n) is 13.0. The number of nitrogens with one attached hydrogen (secondary N) is 1. The van der Waals surface area contributed by atoms with Crippen molar-refractivity contribution in [2.75, 3.05) is 56.6 Å². The summed E-state index contributed by atoms with van der Waals surface area (Å²) in [6.45, 7) is 0.410. The minimum Gasteiger partial charge on any atom is -0.346 e. The number of alkyl halides is 8. The van der Waals surface area contributed by atoms with E-state index < -0.39 is 155 Å². The van der Waals surface area contributed by atoms with Crippen molar-refractivity contribution in [2.24, 2.45) is 5.92 Å². The van der Waals surface area contributed by atoms with Crippen LogP contribution in [0.2, 0.25) is 5.02 Å². The molecule has 4 heterocycles. The molecule has 1 N–H and O–H groups in total. The molecule has 0 radical (unpaired) electrons. The van der Waals surface area contributed by atoms with E-state index in [1.54, 1.807) is 4.90 Å². The van der Waals surface area contributed by atoms with Crippen LogP contribution >= 0.6 is 11.6 Å². The van der Waals surface area contributed by atoms with Crippen LogP contribution in [0, 0.1) is 29.4 Å². The zero-order valence-corrected chi connectivity index (χ0v) is 42.0. The number of carbonyl (C=O) groups excluding carboxylic acids is 2. The smallest absolute Gasteiger partial charge is 0.346 e. The van der Waals surface area contributed by atoms with E-state index in [1.165, 1.54) is 26.0 Å². The van der Waals surface area contributed by atoms with Crippen LogP contribution in [0.3, 0.4) is 0 Å². The number of rotatable bonds is 13. The summed E-state index contributed by atoms with van der Waals surface area (Å²) < 4.78 is 199. The quantitative estimate of drug-likeness (QED) is 0.0968. The average Bonchev–Trinajstić information content (AvgIpc) is 3.78. The van der Waals surface area contributed by atoms with Gasteiger partial charge in [-0.15, -0.1) is 0 Å². The molecule has 2 fully saturated rings. The fourth-order valence-electron chi connectivity index (χ4n) is 9.12. The number of hydrogen-bond donors (Lipinski definition) is 1. The second kappa shape index (κ2) is 19.1. The van der Waals surface area contributed by atoms with Crippen LogP contribution in [-0.4, -0.2) is 126 Å². The molecule has 398 valence electrons. The van der Waals surface area contributed by atoms with Crippen LogP contribution in [0.25, 0.3) is 22.0 Å². The molecule has 28 heteroatoms. The van der Waals surface area contributed by atoms with Crippen LogP contribution in [0.1, 0.15) is 66.1 Å². The number of nitrogens with zero attached hydrogens (tertiary/aromatic N) is 8. The van der Waals surface area contributed by atoms with Crippen LogP contribution in [0.5, 0.6) is 0 Å². The first-order chi connectivity index (χ1) is 34.1. The van der Waals surface area contributed by atoms with Gasteiger partial charge in [-0.25, -0.2) is 30.6 Å². The predicted octanol–water partition coefficient (Wildman–Crippen LogP) is 6.83. The molecule has 1 aliphatic heterocycles. The highest BCUT2D eigenvalue weighted by molar-refractivity contribution is 7.93. The number of fused-ring (bicyclic) bond motifs is 4. The van der Waals surface area contributed by atoms with Crippen molar-refractivity contribution in [3.05, 3.63) is 93.0 Å². The molecule has 2 amide bonds. The van der Waals surface area contributed by atoms with E-state index in [2.05, 4.69) is 32.3 Å². The molecule has 2 aromatic carbocycles. The summed E-state index contributed by atoms with van der Waals surface area (Å²) >= 11 is 6.72. The Kier molecular flexibility index (Phi) is 14.0. The zero-order valence-electron chi connectivity index (χ0n) is 39.6. The van der Waals surface area contributed by atoms with Crippen molar-refractivity contribution in [3.63, 3.8) is 0 Å². The standard InChI is InChI=1S/C46H44ClF10N9O6S2/c1-43(2,73(4,69)70)11-10-27-6-7-28(29-8-9-32(47)37-39(29)65(23-44(50,51)52)61-42(37)66(74(5,71)72)35(68)22-63-14-12-62(3)13-15-63)38(58-27)33(18-24-16-25(48)19-26(49)17-24)59-34(67)21-64-41-36(40(60-64)46(55,56)57)30-20-31(30)45(41,53)54/h6-9,16-17,19,30-31,33H,12-15,18,20-23H2,1-5H3,(H,59,67)/t30-,31+,33-/m0/s1. The number of piperazine rings is 1. The van der Waals surface area contributed by atoms with Gasteiger partial charge in [0.05, 0.1) is 40.5 Å². The van der Waals surface area contributed by atoms with Gasteiger partial charge in [-0.3, -0.25) is 23.9 Å². The predicted molar refractivity (Wildman–Crippen MR) is 249 cm³/mol. The van der Waals surface area contributed by atoms with Gasteiger partial charge in [0.25, 0.3) is 11.8 Å². The fourth-order valence-corrected chi connectivity index (χ4v) is 10.5. The Hall–Kier alpha value is -5.82. The summed E-state index contributed by atoms with van der Waals surface area (Å²) in [5.74, 6) is -6.88. The fraction of sp³-hybridized carbons (Fsp3) is 0.457. The lowest BCUT2D eigenvalue weighted by molar-refractivity contribution is -0.143. The number of amides is 2. The van der Waals surface area contributed by atoms with E-state index in [9.17, 15) is 61.5 Å². The van der Waals surface area contributed by atoms with E-state index >= 15 is 8.78 Å². The number of halogens is 11. The largest absolute Gasteiger partial charge is 0.435 e. The lowest BCUT2D eigenvalue weighted by Crippen LogP contribution is -2.50. The van der Waals surface area contributed by atoms with Gasteiger partial charge in [-0.1, -0.05) is 23.6 Å². The normalized spacial score (nSPS) is 18.6. The molecule has 5 aromatic rings. The van der Waals surface area contributed by atoms with Gasteiger partial charge in [0.15, 0.2) is 21.3 Å². The molecule has 1 saturated heterocycles. The maximum Gasteiger partial charge on any atom is 0.435 e. The minimum atomic E-state index is -5.21. The molecule has 2 aliphatic carbocycles. The van der Waals surface area contributed by atoms with Crippen molar-refractivity contribution >= 4 is 60.0 Å². The number of sulfone groups is 1. The number of anilines is 1. The maximum absolute atomic E-state index is 15.6. The van der Waals surface area contributed by atoms with Gasteiger partial charge >= 0.3 is 12.4 Å². The number of pyridine rings is 1. The third kappa shape index (κ3) is 11.0. The van der Waals surface area contributed by atoms with Gasteiger partial charge in [-0.2, -0.15) is 49.6 Å². The Balaban J connectivity index is 1.34. The van der Waals surface area contributed by atoms with E-state index in [1.807, 2.05) is 11.9 Å². The number of benzene rings is 2. The summed E-state index contributed by atoms with van der Waals surface area (Å²) in [6.07, 6.45) is -9.74. The molecule has 8 rings (SSSR count). The number of likely N-dealkylation sites (N-methyl/N-ethyl adjacent to an activating group) is 1. The van der Waals surface area contributed by atoms with E-state index in [0.717, 1.165) is 30.5 Å². The van der Waals surface area contributed by atoms with Crippen LogP contribution in [-0.2, 0) is 61.1 Å². The second-order valence-corrected chi connectivity index (χ2v) is 23.8. The lowest BCUT2D eigenvalue weighted by atomic mass is 9.93. The number of carbonyl (C=O) groups is 2. The summed E-state index contributed by atoms with van der Waals surface area (Å²) in [5.41, 5.74) is -5.62. The molecule has 15 nitrogen and oxygen atoms in total. The third-order valence-corrected chi connectivity index (χ3v) is 16.3. The highest BCUT2D eigenvalue weighted by Crippen LogP contribution is 2.68. The lowest BCUT2D eigenvalue weighted by Gasteiger charge is -2.32. The van der Waals surface area contributed by atoms with E-state index in [4.69, 9.17) is 11.6 Å². The SMILES string of the molecule is CN1CCN(CC(=O)N(c2nn(CC(F)(F)F)c3c(-c4ccc(C#CC(C)(C)S(C)(=O)=O)nc4[C@H](Cc4cc(F)cc(F)c4)NC(=O)Cn4nc(C(F)(F)F)c5c4C(F)(F)[C@@H]4C[C@H]54)ccc(Cl)c23)S(C)(=O)=O)CC1. The van der Waals surface area contributed by atoms with Gasteiger partial charge in [0.2, 0.25) is 15.9 Å². The highest BCUT2D eigenvalue weighted by atomic mass is 35.5. The second-order valence-electron chi connectivity index (χ2n) is 19.0. The summed E-state index contributed by atoms with van der Waals surface area (Å²) in [7, 11) is -6.79. The van der Waals surface area contributed by atoms with Gasteiger partial charge in [0.1, 0.15) is 40.9 Å². The minimum absolute atomic E-state index is 0.209. The first-order valence-corrected chi connectivity index (χ1v) is 26.5. The molecular formula is C46H44ClF10N9O6S2. The molecular weight excluding hydrogens is 1060 g/mol. The van der Waals surface area contributed by atoms with Crippen molar-refractivity contribution < 1.29 is 70.3 Å². The Morgan fingerprint density at radius 2 is 1.54 bits per heavy atom. The zero-order chi connectivity index (χ0) is 54.4. The average molecular weight is 1110 g/mol. The molecule has 0 bridgehead atoms. The van der Waals surface area contributed by atoms with Crippen molar-refractivity contribution in [1.29, 1.82) is 0 Å². The molecule has 3 aliphatic rings. The molecule has 74 heavy (non-hydrogen) atoms. The van der Waals surface area contributed by atoms with Gasteiger partial charge < -0.3 is 10.2 Å². The first-order valence-electron chi connectivity index (χ1n) is 22.4.